The Hall–Kier alpha value is -1.13. The van der Waals surface area contributed by atoms with Gasteiger partial charge in [0.15, 0.2) is 0 Å². The molecular weight excluding hydrogens is 292 g/mol. The van der Waals surface area contributed by atoms with Crippen LogP contribution in [0.4, 0.5) is 0 Å². The molecular formula is C14H15BrN2O. The van der Waals surface area contributed by atoms with Crippen LogP contribution >= 0.6 is 15.9 Å². The summed E-state index contributed by atoms with van der Waals surface area (Å²) in [5.74, 6) is 1.08. The van der Waals surface area contributed by atoms with Crippen molar-refractivity contribution in [3.05, 3.63) is 52.0 Å². The van der Waals surface area contributed by atoms with E-state index in [9.17, 15) is 5.11 Å². The van der Waals surface area contributed by atoms with E-state index in [0.29, 0.717) is 6.42 Å². The molecule has 1 unspecified atom stereocenters. The zero-order valence-electron chi connectivity index (χ0n) is 10.0. The zero-order valence-corrected chi connectivity index (χ0v) is 11.6. The van der Waals surface area contributed by atoms with Gasteiger partial charge >= 0.3 is 0 Å². The molecule has 0 bridgehead atoms. The van der Waals surface area contributed by atoms with Crippen LogP contribution in [0.1, 0.15) is 23.5 Å². The Morgan fingerprint density at radius 2 is 2.11 bits per heavy atom. The molecule has 94 valence electrons. The molecule has 3 rings (SSSR count). The van der Waals surface area contributed by atoms with Crippen molar-refractivity contribution < 1.29 is 5.11 Å². The minimum Gasteiger partial charge on any atom is -0.393 e. The summed E-state index contributed by atoms with van der Waals surface area (Å²) in [6, 6.07) is 10.4. The number of aromatic nitrogens is 2. The van der Waals surface area contributed by atoms with Crippen molar-refractivity contribution >= 4 is 15.9 Å². The highest BCUT2D eigenvalue weighted by atomic mass is 79.9. The molecule has 1 aromatic carbocycles. The Balaban J connectivity index is 1.92. The predicted molar refractivity (Wildman–Crippen MR) is 73.5 cm³/mol. The molecule has 1 aliphatic rings. The Morgan fingerprint density at radius 3 is 2.89 bits per heavy atom. The molecule has 1 N–H and O–H groups in total. The van der Waals surface area contributed by atoms with Gasteiger partial charge in [-0.3, -0.25) is 0 Å². The largest absolute Gasteiger partial charge is 0.393 e. The topological polar surface area (TPSA) is 38.0 Å². The van der Waals surface area contributed by atoms with Crippen LogP contribution in [0.15, 0.2) is 34.9 Å². The average molecular weight is 307 g/mol. The van der Waals surface area contributed by atoms with E-state index in [1.165, 1.54) is 5.56 Å². The van der Waals surface area contributed by atoms with E-state index in [-0.39, 0.29) is 6.10 Å². The molecule has 0 radical (unpaired) electrons. The molecule has 0 saturated heterocycles. The smallest absolute Gasteiger partial charge is 0.127 e. The SMILES string of the molecule is OC1CCn2c(Cc3ccccc3)nc(Br)c2C1. The normalized spacial score (nSPS) is 18.7. The van der Waals surface area contributed by atoms with Crippen LogP contribution < -0.4 is 0 Å². The van der Waals surface area contributed by atoms with Crippen LogP contribution in [0, 0.1) is 0 Å². The van der Waals surface area contributed by atoms with Gasteiger partial charge in [0.1, 0.15) is 10.4 Å². The minimum absolute atomic E-state index is 0.227. The van der Waals surface area contributed by atoms with Gasteiger partial charge in [0.05, 0.1) is 11.8 Å². The quantitative estimate of drug-likeness (QED) is 0.926. The van der Waals surface area contributed by atoms with Crippen molar-refractivity contribution in [2.75, 3.05) is 0 Å². The van der Waals surface area contributed by atoms with Gasteiger partial charge in [-0.25, -0.2) is 4.98 Å². The molecule has 0 fully saturated rings. The van der Waals surface area contributed by atoms with Crippen molar-refractivity contribution in [2.24, 2.45) is 0 Å². The molecule has 3 nitrogen and oxygen atoms in total. The van der Waals surface area contributed by atoms with E-state index < -0.39 is 0 Å². The zero-order chi connectivity index (χ0) is 12.5. The van der Waals surface area contributed by atoms with Gasteiger partial charge < -0.3 is 9.67 Å². The Labute approximate surface area is 115 Å². The summed E-state index contributed by atoms with van der Waals surface area (Å²) in [6.07, 6.45) is 2.13. The predicted octanol–water partition coefficient (Wildman–Crippen LogP) is 2.54. The molecule has 0 saturated carbocycles. The van der Waals surface area contributed by atoms with Gasteiger partial charge in [0.2, 0.25) is 0 Å². The van der Waals surface area contributed by atoms with Crippen LogP contribution in [0.2, 0.25) is 0 Å². The molecule has 0 amide bonds. The standard InChI is InChI=1S/C14H15BrN2O/c15-14-12-9-11(18)6-7-17(12)13(16-14)8-10-4-2-1-3-5-10/h1-5,11,18H,6-9H2. The van der Waals surface area contributed by atoms with E-state index in [1.807, 2.05) is 18.2 Å². The molecule has 0 aliphatic carbocycles. The first-order chi connectivity index (χ1) is 8.74. The molecule has 1 aromatic heterocycles. The summed E-state index contributed by atoms with van der Waals surface area (Å²) >= 11 is 3.50. The summed E-state index contributed by atoms with van der Waals surface area (Å²) in [4.78, 5) is 4.59. The third-order valence-electron chi connectivity index (χ3n) is 3.42. The summed E-state index contributed by atoms with van der Waals surface area (Å²) in [5, 5.41) is 9.72. The number of nitrogens with zero attached hydrogens (tertiary/aromatic N) is 2. The number of halogens is 1. The first-order valence-corrected chi connectivity index (χ1v) is 6.99. The van der Waals surface area contributed by atoms with Gasteiger partial charge in [0, 0.05) is 19.4 Å². The van der Waals surface area contributed by atoms with Gasteiger partial charge in [-0.1, -0.05) is 30.3 Å². The maximum atomic E-state index is 9.72. The number of aliphatic hydroxyl groups is 1. The van der Waals surface area contributed by atoms with Crippen LogP contribution in [-0.2, 0) is 19.4 Å². The summed E-state index contributed by atoms with van der Waals surface area (Å²) in [5.41, 5.74) is 2.39. The number of aliphatic hydroxyl groups excluding tert-OH is 1. The van der Waals surface area contributed by atoms with Crippen molar-refractivity contribution in [1.82, 2.24) is 9.55 Å². The molecule has 18 heavy (non-hydrogen) atoms. The Morgan fingerprint density at radius 1 is 1.33 bits per heavy atom. The Bertz CT molecular complexity index is 550. The second-order valence-corrected chi connectivity index (χ2v) is 5.48. The molecule has 1 aliphatic heterocycles. The van der Waals surface area contributed by atoms with Crippen LogP contribution in [0.25, 0.3) is 0 Å². The third-order valence-corrected chi connectivity index (χ3v) is 4.06. The monoisotopic (exact) mass is 306 g/mol. The highest BCUT2D eigenvalue weighted by Gasteiger charge is 2.23. The first-order valence-electron chi connectivity index (χ1n) is 6.20. The number of hydrogen-bond donors (Lipinski definition) is 1. The second kappa shape index (κ2) is 4.86. The van der Waals surface area contributed by atoms with Crippen LogP contribution in [0.3, 0.4) is 0 Å². The lowest BCUT2D eigenvalue weighted by molar-refractivity contribution is 0.142. The first kappa shape index (κ1) is 11.9. The average Bonchev–Trinajstić information content (AvgIpc) is 2.67. The molecule has 1 atom stereocenters. The number of imidazole rings is 1. The highest BCUT2D eigenvalue weighted by Crippen LogP contribution is 2.26. The lowest BCUT2D eigenvalue weighted by Crippen LogP contribution is -2.24. The maximum absolute atomic E-state index is 9.72. The fourth-order valence-corrected chi connectivity index (χ4v) is 3.06. The van der Waals surface area contributed by atoms with Gasteiger partial charge in [0.25, 0.3) is 0 Å². The summed E-state index contributed by atoms with van der Waals surface area (Å²) in [6.45, 7) is 0.858. The lowest BCUT2D eigenvalue weighted by atomic mass is 10.1. The minimum atomic E-state index is -0.227. The molecule has 0 spiro atoms. The van der Waals surface area contributed by atoms with E-state index in [4.69, 9.17) is 0 Å². The van der Waals surface area contributed by atoms with Crippen LogP contribution in [0.5, 0.6) is 0 Å². The number of hydrogen-bond acceptors (Lipinski definition) is 2. The molecule has 2 heterocycles. The van der Waals surface area contributed by atoms with E-state index in [1.54, 1.807) is 0 Å². The van der Waals surface area contributed by atoms with Gasteiger partial charge in [-0.2, -0.15) is 0 Å². The third kappa shape index (κ3) is 2.22. The van der Waals surface area contributed by atoms with E-state index >= 15 is 0 Å². The summed E-state index contributed by atoms with van der Waals surface area (Å²) < 4.78 is 3.12. The van der Waals surface area contributed by atoms with Crippen molar-refractivity contribution in [3.8, 4) is 0 Å². The molecule has 4 heteroatoms. The lowest BCUT2D eigenvalue weighted by Gasteiger charge is -2.21. The van der Waals surface area contributed by atoms with Crippen molar-refractivity contribution in [3.63, 3.8) is 0 Å². The fourth-order valence-electron chi connectivity index (χ4n) is 2.48. The highest BCUT2D eigenvalue weighted by molar-refractivity contribution is 9.10. The summed E-state index contributed by atoms with van der Waals surface area (Å²) in [7, 11) is 0. The second-order valence-electron chi connectivity index (χ2n) is 4.73. The van der Waals surface area contributed by atoms with Crippen molar-refractivity contribution in [2.45, 2.75) is 31.9 Å². The van der Waals surface area contributed by atoms with E-state index in [0.717, 1.165) is 35.5 Å². The van der Waals surface area contributed by atoms with E-state index in [2.05, 4.69) is 37.6 Å². The number of benzene rings is 1. The van der Waals surface area contributed by atoms with Gasteiger partial charge in [-0.05, 0) is 27.9 Å². The maximum Gasteiger partial charge on any atom is 0.127 e. The molecule has 2 aromatic rings. The van der Waals surface area contributed by atoms with Crippen molar-refractivity contribution in [1.29, 1.82) is 0 Å². The number of fused-ring (bicyclic) bond motifs is 1. The van der Waals surface area contributed by atoms with Crippen LogP contribution in [-0.4, -0.2) is 20.8 Å². The number of rotatable bonds is 2. The van der Waals surface area contributed by atoms with Gasteiger partial charge in [-0.15, -0.1) is 0 Å². The Kier molecular flexibility index (Phi) is 3.22. The fraction of sp³-hybridized carbons (Fsp3) is 0.357.